The van der Waals surface area contributed by atoms with Crippen LogP contribution in [0.5, 0.6) is 0 Å². The molecule has 0 saturated heterocycles. The largest absolute Gasteiger partial charge is 0.480 e. The van der Waals surface area contributed by atoms with Crippen molar-refractivity contribution in [3.05, 3.63) is 46.0 Å². The van der Waals surface area contributed by atoms with Crippen LogP contribution in [0.1, 0.15) is 24.6 Å². The van der Waals surface area contributed by atoms with Gasteiger partial charge in [0.25, 0.3) is 5.56 Å². The summed E-state index contributed by atoms with van der Waals surface area (Å²) in [7, 11) is 0. The number of aliphatic carboxylic acids is 1. The number of carboxylic acids is 1. The maximum absolute atomic E-state index is 12.1. The van der Waals surface area contributed by atoms with Gasteiger partial charge in [-0.15, -0.1) is 0 Å². The number of carbonyl (C=O) groups is 1. The summed E-state index contributed by atoms with van der Waals surface area (Å²) in [5.41, 5.74) is 2.06. The molecule has 0 aliphatic rings. The first-order valence-electron chi connectivity index (χ1n) is 6.92. The molecule has 21 heavy (non-hydrogen) atoms. The lowest BCUT2D eigenvalue weighted by atomic mass is 10.3. The van der Waals surface area contributed by atoms with Crippen molar-refractivity contribution in [3.8, 4) is 0 Å². The predicted octanol–water partition coefficient (Wildman–Crippen LogP) is 1.30. The Morgan fingerprint density at radius 2 is 2.19 bits per heavy atom. The van der Waals surface area contributed by atoms with E-state index in [9.17, 15) is 9.59 Å². The lowest BCUT2D eigenvalue weighted by Gasteiger charge is -2.18. The molecule has 6 heteroatoms. The quantitative estimate of drug-likeness (QED) is 0.867. The molecule has 0 bridgehead atoms. The summed E-state index contributed by atoms with van der Waals surface area (Å²) in [4.78, 5) is 29.2. The number of aromatic nitrogens is 2. The van der Waals surface area contributed by atoms with Crippen LogP contribution in [0.3, 0.4) is 0 Å². The Morgan fingerprint density at radius 1 is 1.43 bits per heavy atom. The minimum atomic E-state index is -0.878. The highest BCUT2D eigenvalue weighted by molar-refractivity contribution is 5.69. The third kappa shape index (κ3) is 3.88. The van der Waals surface area contributed by atoms with Gasteiger partial charge in [0.2, 0.25) is 0 Å². The van der Waals surface area contributed by atoms with Crippen LogP contribution in [-0.2, 0) is 11.3 Å². The van der Waals surface area contributed by atoms with Crippen molar-refractivity contribution in [2.75, 3.05) is 13.1 Å². The van der Waals surface area contributed by atoms with Gasteiger partial charge in [-0.3, -0.25) is 18.9 Å². The van der Waals surface area contributed by atoms with E-state index in [-0.39, 0.29) is 12.1 Å². The van der Waals surface area contributed by atoms with Gasteiger partial charge in [0, 0.05) is 18.8 Å². The minimum absolute atomic E-state index is 0.0529. The maximum Gasteiger partial charge on any atom is 0.317 e. The lowest BCUT2D eigenvalue weighted by molar-refractivity contribution is -0.138. The molecule has 2 aromatic heterocycles. The normalized spacial score (nSPS) is 11.2. The summed E-state index contributed by atoms with van der Waals surface area (Å²) in [6.07, 6.45) is 2.55. The maximum atomic E-state index is 12.1. The molecule has 0 aliphatic heterocycles. The van der Waals surface area contributed by atoms with E-state index in [0.717, 1.165) is 12.0 Å². The van der Waals surface area contributed by atoms with Crippen molar-refractivity contribution in [1.82, 2.24) is 14.3 Å². The molecule has 0 aliphatic carbocycles. The molecule has 0 radical (unpaired) electrons. The van der Waals surface area contributed by atoms with E-state index in [1.165, 1.54) is 10.5 Å². The van der Waals surface area contributed by atoms with Gasteiger partial charge in [-0.1, -0.05) is 6.92 Å². The summed E-state index contributed by atoms with van der Waals surface area (Å²) in [6.45, 7) is 4.89. The number of rotatable bonds is 6. The fourth-order valence-corrected chi connectivity index (χ4v) is 2.29. The molecule has 2 aromatic rings. The van der Waals surface area contributed by atoms with Crippen LogP contribution in [0.2, 0.25) is 0 Å². The number of fused-ring (bicyclic) bond motifs is 1. The second-order valence-electron chi connectivity index (χ2n) is 5.12. The van der Waals surface area contributed by atoms with E-state index < -0.39 is 5.97 Å². The number of hydrogen-bond donors (Lipinski definition) is 1. The first kappa shape index (κ1) is 15.2. The van der Waals surface area contributed by atoms with E-state index >= 15 is 0 Å². The van der Waals surface area contributed by atoms with Gasteiger partial charge < -0.3 is 5.11 Å². The Morgan fingerprint density at radius 3 is 2.86 bits per heavy atom. The monoisotopic (exact) mass is 289 g/mol. The van der Waals surface area contributed by atoms with E-state index in [2.05, 4.69) is 4.98 Å². The molecule has 0 fully saturated rings. The van der Waals surface area contributed by atoms with Crippen LogP contribution in [-0.4, -0.2) is 38.4 Å². The number of aryl methyl sites for hydroxylation is 1. The summed E-state index contributed by atoms with van der Waals surface area (Å²) < 4.78 is 1.48. The molecule has 2 rings (SSSR count). The highest BCUT2D eigenvalue weighted by atomic mass is 16.4. The molecular formula is C15H19N3O3. The molecule has 112 valence electrons. The Kier molecular flexibility index (Phi) is 4.70. The van der Waals surface area contributed by atoms with Crippen molar-refractivity contribution < 1.29 is 9.90 Å². The van der Waals surface area contributed by atoms with E-state index in [0.29, 0.717) is 24.4 Å². The number of pyridine rings is 1. The van der Waals surface area contributed by atoms with E-state index in [1.807, 2.05) is 26.0 Å². The third-order valence-corrected chi connectivity index (χ3v) is 3.16. The van der Waals surface area contributed by atoms with E-state index in [1.54, 1.807) is 11.1 Å². The van der Waals surface area contributed by atoms with Crippen molar-refractivity contribution in [1.29, 1.82) is 0 Å². The summed E-state index contributed by atoms with van der Waals surface area (Å²) >= 11 is 0. The second-order valence-corrected chi connectivity index (χ2v) is 5.12. The number of nitrogens with zero attached hydrogens (tertiary/aromatic N) is 3. The van der Waals surface area contributed by atoms with Crippen molar-refractivity contribution in [3.63, 3.8) is 0 Å². The zero-order valence-corrected chi connectivity index (χ0v) is 12.2. The predicted molar refractivity (Wildman–Crippen MR) is 79.4 cm³/mol. The molecule has 2 heterocycles. The van der Waals surface area contributed by atoms with Crippen LogP contribution in [0.25, 0.3) is 5.65 Å². The van der Waals surface area contributed by atoms with Crippen molar-refractivity contribution in [2.24, 2.45) is 0 Å². The molecule has 0 aromatic carbocycles. The third-order valence-electron chi connectivity index (χ3n) is 3.16. The van der Waals surface area contributed by atoms with Crippen LogP contribution in [0.4, 0.5) is 0 Å². The Labute approximate surface area is 122 Å². The zero-order valence-electron chi connectivity index (χ0n) is 12.2. The molecule has 0 spiro atoms. The average molecular weight is 289 g/mol. The lowest BCUT2D eigenvalue weighted by Crippen LogP contribution is -2.31. The van der Waals surface area contributed by atoms with Gasteiger partial charge in [-0.2, -0.15) is 0 Å². The van der Waals surface area contributed by atoms with Gasteiger partial charge in [-0.25, -0.2) is 4.98 Å². The first-order valence-corrected chi connectivity index (χ1v) is 6.92. The summed E-state index contributed by atoms with van der Waals surface area (Å²) in [6, 6.07) is 5.16. The van der Waals surface area contributed by atoms with Gasteiger partial charge >= 0.3 is 5.97 Å². The number of carboxylic acid groups (broad SMARTS) is 1. The zero-order chi connectivity index (χ0) is 15.4. The second kappa shape index (κ2) is 6.49. The van der Waals surface area contributed by atoms with Gasteiger partial charge in [-0.05, 0) is 37.6 Å². The SMILES string of the molecule is CCCN(CC(=O)O)Cc1cc(=O)n2ccc(C)cc2n1. The van der Waals surface area contributed by atoms with Crippen LogP contribution in [0.15, 0.2) is 29.2 Å². The smallest absolute Gasteiger partial charge is 0.317 e. The fraction of sp³-hybridized carbons (Fsp3) is 0.400. The van der Waals surface area contributed by atoms with Gasteiger partial charge in [0.1, 0.15) is 5.65 Å². The first-order chi connectivity index (χ1) is 9.99. The van der Waals surface area contributed by atoms with Crippen LogP contribution in [0, 0.1) is 6.92 Å². The van der Waals surface area contributed by atoms with Crippen LogP contribution >= 0.6 is 0 Å². The molecule has 1 N–H and O–H groups in total. The molecule has 0 amide bonds. The van der Waals surface area contributed by atoms with Crippen LogP contribution < -0.4 is 5.56 Å². The molecule has 6 nitrogen and oxygen atoms in total. The molecular weight excluding hydrogens is 270 g/mol. The molecule has 0 unspecified atom stereocenters. The topological polar surface area (TPSA) is 74.9 Å². The Balaban J connectivity index is 2.32. The standard InChI is InChI=1S/C15H19N3O3/c1-3-5-17(10-15(20)21)9-12-8-14(19)18-6-4-11(2)7-13(18)16-12/h4,6-8H,3,5,9-10H2,1-2H3,(H,20,21). The highest BCUT2D eigenvalue weighted by Crippen LogP contribution is 2.06. The minimum Gasteiger partial charge on any atom is -0.480 e. The summed E-state index contributed by atoms with van der Waals surface area (Å²) in [5.74, 6) is -0.878. The highest BCUT2D eigenvalue weighted by Gasteiger charge is 2.11. The van der Waals surface area contributed by atoms with Crippen molar-refractivity contribution in [2.45, 2.75) is 26.8 Å². The van der Waals surface area contributed by atoms with Gasteiger partial charge in [0.15, 0.2) is 0 Å². The molecule has 0 saturated carbocycles. The van der Waals surface area contributed by atoms with Crippen molar-refractivity contribution >= 4 is 11.6 Å². The Bertz CT molecular complexity index is 709. The average Bonchev–Trinajstić information content (AvgIpc) is 2.37. The molecule has 0 atom stereocenters. The summed E-state index contributed by atoms with van der Waals surface area (Å²) in [5, 5.41) is 8.92. The Hall–Kier alpha value is -2.21. The fourth-order valence-electron chi connectivity index (χ4n) is 2.29. The van der Waals surface area contributed by atoms with E-state index in [4.69, 9.17) is 5.11 Å². The number of hydrogen-bond acceptors (Lipinski definition) is 4. The van der Waals surface area contributed by atoms with Gasteiger partial charge in [0.05, 0.1) is 12.2 Å².